The van der Waals surface area contributed by atoms with E-state index in [1.165, 1.54) is 11.8 Å². The number of nitrogen functional groups attached to an aromatic ring is 1. The zero-order chi connectivity index (χ0) is 20.0. The van der Waals surface area contributed by atoms with Gasteiger partial charge in [-0.1, -0.05) is 13.0 Å². The first kappa shape index (κ1) is 20.6. The molecule has 0 radical (unpaired) electrons. The van der Waals surface area contributed by atoms with Crippen molar-refractivity contribution in [3.63, 3.8) is 0 Å². The summed E-state index contributed by atoms with van der Waals surface area (Å²) in [6, 6.07) is 12.3. The zero-order valence-corrected chi connectivity index (χ0v) is 16.5. The lowest BCUT2D eigenvalue weighted by atomic mass is 9.86. The van der Waals surface area contributed by atoms with Crippen molar-refractivity contribution in [2.75, 3.05) is 18.2 Å². The number of amidine groups is 1. The Morgan fingerprint density at radius 2 is 1.93 bits per heavy atom. The Labute approximate surface area is 163 Å². The average molecular weight is 388 g/mol. The highest BCUT2D eigenvalue weighted by Crippen LogP contribution is 2.36. The van der Waals surface area contributed by atoms with Crippen LogP contribution in [0.4, 0.5) is 5.69 Å². The summed E-state index contributed by atoms with van der Waals surface area (Å²) in [5.74, 6) is -0.246. The van der Waals surface area contributed by atoms with Gasteiger partial charge in [0.1, 0.15) is 11.6 Å². The summed E-state index contributed by atoms with van der Waals surface area (Å²) in [5, 5.41) is 20.7. The standard InChI is InChI=1S/C20H25N3O3S/c1-4-20(19(24)25,23-15-9-6-13(7-10-15)18(21)22)14-8-11-16(26-5-2)17(12-14)27-3/h6-12,23H,4-5H2,1-3H3,(H3,21,22)(H,24,25). The molecule has 2 rings (SSSR count). The number of ether oxygens (including phenoxy) is 1. The van der Waals surface area contributed by atoms with E-state index in [1.54, 1.807) is 30.3 Å². The molecule has 0 fully saturated rings. The van der Waals surface area contributed by atoms with E-state index in [-0.39, 0.29) is 5.84 Å². The van der Waals surface area contributed by atoms with Crippen LogP contribution >= 0.6 is 11.8 Å². The molecule has 0 aliphatic heterocycles. The molecule has 1 atom stereocenters. The fraction of sp³-hybridized carbons (Fsp3) is 0.300. The number of aliphatic carboxylic acids is 1. The van der Waals surface area contributed by atoms with Gasteiger partial charge >= 0.3 is 5.97 Å². The lowest BCUT2D eigenvalue weighted by molar-refractivity contribution is -0.142. The fourth-order valence-electron chi connectivity index (χ4n) is 2.88. The van der Waals surface area contributed by atoms with Crippen molar-refractivity contribution in [3.05, 3.63) is 53.6 Å². The van der Waals surface area contributed by atoms with Gasteiger partial charge < -0.3 is 20.9 Å². The molecule has 0 aliphatic carbocycles. The summed E-state index contributed by atoms with van der Waals surface area (Å²) >= 11 is 1.52. The minimum atomic E-state index is -1.28. The normalized spacial score (nSPS) is 12.9. The highest BCUT2D eigenvalue weighted by Gasteiger charge is 2.39. The number of hydrogen-bond donors (Lipinski definition) is 4. The second kappa shape index (κ2) is 8.81. The van der Waals surface area contributed by atoms with Gasteiger partial charge in [-0.25, -0.2) is 4.79 Å². The number of carboxylic acid groups (broad SMARTS) is 1. The van der Waals surface area contributed by atoms with Gasteiger partial charge in [0.15, 0.2) is 5.54 Å². The van der Waals surface area contributed by atoms with Gasteiger partial charge in [-0.05, 0) is 61.6 Å². The van der Waals surface area contributed by atoms with E-state index in [0.29, 0.717) is 29.8 Å². The van der Waals surface area contributed by atoms with Gasteiger partial charge in [0.25, 0.3) is 0 Å². The van der Waals surface area contributed by atoms with E-state index in [1.807, 2.05) is 32.2 Å². The largest absolute Gasteiger partial charge is 0.493 e. The number of anilines is 1. The van der Waals surface area contributed by atoms with Crippen molar-refractivity contribution < 1.29 is 14.6 Å². The summed E-state index contributed by atoms with van der Waals surface area (Å²) < 4.78 is 5.62. The number of nitrogens with one attached hydrogen (secondary N) is 2. The molecule has 1 unspecified atom stereocenters. The van der Waals surface area contributed by atoms with Crippen molar-refractivity contribution in [1.29, 1.82) is 5.41 Å². The van der Waals surface area contributed by atoms with E-state index in [9.17, 15) is 9.90 Å². The lowest BCUT2D eigenvalue weighted by Crippen LogP contribution is -2.43. The monoisotopic (exact) mass is 387 g/mol. The molecule has 0 saturated heterocycles. The molecule has 2 aromatic carbocycles. The summed E-state index contributed by atoms with van der Waals surface area (Å²) in [6.07, 6.45) is 2.28. The highest BCUT2D eigenvalue weighted by atomic mass is 32.2. The Morgan fingerprint density at radius 1 is 1.26 bits per heavy atom. The predicted molar refractivity (Wildman–Crippen MR) is 110 cm³/mol. The second-order valence-corrected chi connectivity index (χ2v) is 6.83. The Morgan fingerprint density at radius 3 is 2.41 bits per heavy atom. The van der Waals surface area contributed by atoms with Crippen LogP contribution in [-0.4, -0.2) is 29.8 Å². The molecule has 5 N–H and O–H groups in total. The molecule has 0 aromatic heterocycles. The van der Waals surface area contributed by atoms with Crippen LogP contribution in [0.1, 0.15) is 31.4 Å². The van der Waals surface area contributed by atoms with Crippen molar-refractivity contribution in [3.8, 4) is 5.75 Å². The van der Waals surface area contributed by atoms with Gasteiger partial charge in [-0.2, -0.15) is 0 Å². The third kappa shape index (κ3) is 4.36. The van der Waals surface area contributed by atoms with Crippen LogP contribution in [0.2, 0.25) is 0 Å². The number of thioether (sulfide) groups is 1. The summed E-state index contributed by atoms with van der Waals surface area (Å²) in [4.78, 5) is 13.2. The van der Waals surface area contributed by atoms with Crippen molar-refractivity contribution in [1.82, 2.24) is 0 Å². The van der Waals surface area contributed by atoms with Crippen LogP contribution in [0.3, 0.4) is 0 Å². The smallest absolute Gasteiger partial charge is 0.334 e. The zero-order valence-electron chi connectivity index (χ0n) is 15.7. The Kier molecular flexibility index (Phi) is 6.74. The van der Waals surface area contributed by atoms with Crippen LogP contribution in [0.5, 0.6) is 5.75 Å². The van der Waals surface area contributed by atoms with Crippen LogP contribution in [0.25, 0.3) is 0 Å². The maximum atomic E-state index is 12.3. The summed E-state index contributed by atoms with van der Waals surface area (Å²) in [5.41, 5.74) is 6.08. The van der Waals surface area contributed by atoms with E-state index in [0.717, 1.165) is 10.6 Å². The van der Waals surface area contributed by atoms with Crippen molar-refractivity contribution in [2.24, 2.45) is 5.73 Å². The van der Waals surface area contributed by atoms with Crippen molar-refractivity contribution in [2.45, 2.75) is 30.7 Å². The molecule has 0 spiro atoms. The molecule has 0 amide bonds. The third-order valence-corrected chi connectivity index (χ3v) is 5.16. The Hall–Kier alpha value is -2.67. The minimum absolute atomic E-state index is 0.0299. The molecule has 6 nitrogen and oxygen atoms in total. The first-order chi connectivity index (χ1) is 12.9. The molecule has 0 aliphatic rings. The summed E-state index contributed by atoms with van der Waals surface area (Å²) in [6.45, 7) is 4.30. The quantitative estimate of drug-likeness (QED) is 0.295. The number of carboxylic acids is 1. The van der Waals surface area contributed by atoms with E-state index in [2.05, 4.69) is 5.32 Å². The fourth-order valence-corrected chi connectivity index (χ4v) is 3.45. The lowest BCUT2D eigenvalue weighted by Gasteiger charge is -2.31. The molecule has 2 aromatic rings. The van der Waals surface area contributed by atoms with Crippen LogP contribution in [0.15, 0.2) is 47.4 Å². The summed E-state index contributed by atoms with van der Waals surface area (Å²) in [7, 11) is 0. The first-order valence-corrected chi connectivity index (χ1v) is 9.87. The van der Waals surface area contributed by atoms with Gasteiger partial charge in [0.05, 0.1) is 6.61 Å². The van der Waals surface area contributed by atoms with Crippen LogP contribution in [-0.2, 0) is 10.3 Å². The number of carbonyl (C=O) groups is 1. The topological polar surface area (TPSA) is 108 Å². The average Bonchev–Trinajstić information content (AvgIpc) is 2.66. The van der Waals surface area contributed by atoms with E-state index >= 15 is 0 Å². The number of rotatable bonds is 9. The van der Waals surface area contributed by atoms with Gasteiger partial charge in [-0.15, -0.1) is 11.8 Å². The maximum Gasteiger partial charge on any atom is 0.334 e. The molecular formula is C20H25N3O3S. The molecule has 7 heteroatoms. The van der Waals surface area contributed by atoms with Crippen LogP contribution < -0.4 is 15.8 Å². The van der Waals surface area contributed by atoms with Gasteiger partial charge in [0.2, 0.25) is 0 Å². The third-order valence-electron chi connectivity index (χ3n) is 4.41. The Balaban J connectivity index is 2.47. The highest BCUT2D eigenvalue weighted by molar-refractivity contribution is 7.98. The molecule has 0 heterocycles. The van der Waals surface area contributed by atoms with E-state index in [4.69, 9.17) is 15.9 Å². The minimum Gasteiger partial charge on any atom is -0.493 e. The molecule has 0 saturated carbocycles. The first-order valence-electron chi connectivity index (χ1n) is 8.65. The molecular weight excluding hydrogens is 362 g/mol. The number of benzene rings is 2. The van der Waals surface area contributed by atoms with Gasteiger partial charge in [-0.3, -0.25) is 5.41 Å². The molecule has 0 bridgehead atoms. The van der Waals surface area contributed by atoms with Gasteiger partial charge in [0, 0.05) is 16.1 Å². The van der Waals surface area contributed by atoms with Crippen LogP contribution in [0, 0.1) is 5.41 Å². The molecule has 27 heavy (non-hydrogen) atoms. The van der Waals surface area contributed by atoms with Crippen molar-refractivity contribution >= 4 is 29.3 Å². The Bertz CT molecular complexity index is 824. The second-order valence-electron chi connectivity index (χ2n) is 5.98. The number of nitrogens with two attached hydrogens (primary N) is 1. The predicted octanol–water partition coefficient (Wildman–Crippen LogP) is 3.89. The molecule has 144 valence electrons. The number of hydrogen-bond acceptors (Lipinski definition) is 5. The van der Waals surface area contributed by atoms with E-state index < -0.39 is 11.5 Å². The maximum absolute atomic E-state index is 12.3. The SMILES string of the molecule is CCOc1ccc(C(CC)(Nc2ccc(C(=N)N)cc2)C(=O)O)cc1SC.